The van der Waals surface area contributed by atoms with Crippen LogP contribution in [0.25, 0.3) is 0 Å². The molecule has 2 aliphatic carbocycles. The number of hydrogen-bond acceptors (Lipinski definition) is 5. The number of carbonyl (C=O) groups is 1. The van der Waals surface area contributed by atoms with Crippen molar-refractivity contribution in [2.45, 2.75) is 63.9 Å². The van der Waals surface area contributed by atoms with Crippen molar-refractivity contribution < 1.29 is 24.5 Å². The van der Waals surface area contributed by atoms with Gasteiger partial charge in [-0.05, 0) is 25.7 Å². The third kappa shape index (κ3) is 1.60. The minimum absolute atomic E-state index is 0.150. The Hall–Kier alpha value is -0.910. The zero-order valence-corrected chi connectivity index (χ0v) is 13.1. The molecule has 0 radical (unpaired) electrons. The number of hydrogen-bond donors (Lipinski definition) is 2. The van der Waals surface area contributed by atoms with E-state index >= 15 is 0 Å². The monoisotopic (exact) mass is 296 g/mol. The van der Waals surface area contributed by atoms with Crippen LogP contribution in [0.3, 0.4) is 0 Å². The molecule has 0 spiro atoms. The summed E-state index contributed by atoms with van der Waals surface area (Å²) in [5, 5.41) is 22.3. The average molecular weight is 296 g/mol. The topological polar surface area (TPSA) is 76.0 Å². The number of aliphatic hydroxyl groups is 2. The van der Waals surface area contributed by atoms with Crippen molar-refractivity contribution in [3.8, 4) is 0 Å². The van der Waals surface area contributed by atoms with Crippen molar-refractivity contribution in [1.82, 2.24) is 0 Å². The third-order valence-corrected chi connectivity index (χ3v) is 6.33. The number of carbonyl (C=O) groups excluding carboxylic acids is 1. The van der Waals surface area contributed by atoms with E-state index in [1.54, 1.807) is 6.92 Å². The molecular weight excluding hydrogens is 272 g/mol. The summed E-state index contributed by atoms with van der Waals surface area (Å²) in [5.74, 6) is -1.63. The highest BCUT2D eigenvalue weighted by Gasteiger charge is 2.69. The summed E-state index contributed by atoms with van der Waals surface area (Å²) < 4.78 is 10.9. The van der Waals surface area contributed by atoms with Crippen molar-refractivity contribution in [3.05, 3.63) is 11.1 Å². The van der Waals surface area contributed by atoms with Crippen LogP contribution >= 0.6 is 0 Å². The van der Waals surface area contributed by atoms with Gasteiger partial charge in [-0.3, -0.25) is 0 Å². The van der Waals surface area contributed by atoms with Gasteiger partial charge in [0.1, 0.15) is 0 Å². The molecule has 0 bridgehead atoms. The van der Waals surface area contributed by atoms with E-state index in [9.17, 15) is 15.0 Å². The second-order valence-electron chi connectivity index (χ2n) is 7.07. The van der Waals surface area contributed by atoms with Gasteiger partial charge in [-0.1, -0.05) is 20.3 Å². The Morgan fingerprint density at radius 2 is 2.10 bits per heavy atom. The fraction of sp³-hybridized carbons (Fsp3) is 0.812. The summed E-state index contributed by atoms with van der Waals surface area (Å²) in [5.41, 5.74) is -0.895. The van der Waals surface area contributed by atoms with Crippen LogP contribution in [-0.4, -0.2) is 40.8 Å². The summed E-state index contributed by atoms with van der Waals surface area (Å²) in [6.07, 6.45) is 1.67. The van der Waals surface area contributed by atoms with E-state index in [0.717, 1.165) is 12.8 Å². The van der Waals surface area contributed by atoms with E-state index in [2.05, 4.69) is 6.92 Å². The van der Waals surface area contributed by atoms with E-state index in [1.165, 1.54) is 7.11 Å². The van der Waals surface area contributed by atoms with Crippen LogP contribution in [0.5, 0.6) is 0 Å². The van der Waals surface area contributed by atoms with Crippen molar-refractivity contribution in [1.29, 1.82) is 0 Å². The quantitative estimate of drug-likeness (QED) is 0.718. The summed E-state index contributed by atoms with van der Waals surface area (Å²) in [4.78, 5) is 12.0. The van der Waals surface area contributed by atoms with Gasteiger partial charge in [-0.2, -0.15) is 0 Å². The van der Waals surface area contributed by atoms with Gasteiger partial charge in [0, 0.05) is 30.1 Å². The normalized spacial score (nSPS) is 49.7. The van der Waals surface area contributed by atoms with Crippen LogP contribution < -0.4 is 0 Å². The largest absolute Gasteiger partial charge is 0.425 e. The average Bonchev–Trinajstić information content (AvgIpc) is 2.67. The SMILES string of the molecule is COC12CC3(O)CCCC(C)C3(C)C(O)C1=C(C)C(=O)O2. The first kappa shape index (κ1) is 15.0. The second kappa shape index (κ2) is 4.31. The van der Waals surface area contributed by atoms with Gasteiger partial charge in [-0.15, -0.1) is 0 Å². The molecule has 21 heavy (non-hydrogen) atoms. The van der Waals surface area contributed by atoms with Gasteiger partial charge in [-0.25, -0.2) is 4.79 Å². The molecule has 0 aromatic carbocycles. The predicted molar refractivity (Wildman–Crippen MR) is 75.2 cm³/mol. The number of esters is 1. The highest BCUT2D eigenvalue weighted by molar-refractivity contribution is 5.92. The predicted octanol–water partition coefficient (Wildman–Crippen LogP) is 1.52. The van der Waals surface area contributed by atoms with Gasteiger partial charge in [0.15, 0.2) is 0 Å². The number of rotatable bonds is 1. The lowest BCUT2D eigenvalue weighted by molar-refractivity contribution is -0.279. The van der Waals surface area contributed by atoms with Crippen molar-refractivity contribution >= 4 is 5.97 Å². The van der Waals surface area contributed by atoms with E-state index in [-0.39, 0.29) is 12.3 Å². The molecule has 1 heterocycles. The molecule has 3 aliphatic rings. The fourth-order valence-corrected chi connectivity index (χ4v) is 4.66. The highest BCUT2D eigenvalue weighted by atomic mass is 16.7. The minimum Gasteiger partial charge on any atom is -0.425 e. The molecular formula is C16H24O5. The zero-order chi connectivity index (χ0) is 15.6. The van der Waals surface area contributed by atoms with Crippen molar-refractivity contribution in [2.75, 3.05) is 7.11 Å². The van der Waals surface area contributed by atoms with Crippen LogP contribution in [0.1, 0.15) is 46.5 Å². The molecule has 0 aromatic heterocycles. The standard InChI is InChI=1S/C16H24O5/c1-9-6-5-7-15(19)8-16(20-4)11(10(2)13(18)21-16)12(17)14(9,15)3/h9,12,17,19H,5-8H2,1-4H3. The molecule has 5 atom stereocenters. The molecule has 5 heteroatoms. The summed E-state index contributed by atoms with van der Waals surface area (Å²) in [6.45, 7) is 5.63. The first-order valence-electron chi connectivity index (χ1n) is 7.62. The maximum Gasteiger partial charge on any atom is 0.336 e. The molecule has 0 saturated heterocycles. The lowest BCUT2D eigenvalue weighted by Crippen LogP contribution is -2.68. The molecule has 5 nitrogen and oxygen atoms in total. The second-order valence-corrected chi connectivity index (χ2v) is 7.07. The highest BCUT2D eigenvalue weighted by Crippen LogP contribution is 2.62. The number of fused-ring (bicyclic) bond motifs is 2. The Balaban J connectivity index is 2.19. The summed E-state index contributed by atoms with van der Waals surface area (Å²) in [7, 11) is 1.46. The smallest absolute Gasteiger partial charge is 0.336 e. The van der Waals surface area contributed by atoms with Gasteiger partial charge in [0.2, 0.25) is 5.79 Å². The maximum absolute atomic E-state index is 12.0. The Kier molecular flexibility index (Phi) is 3.08. The minimum atomic E-state index is -1.31. The lowest BCUT2D eigenvalue weighted by atomic mass is 9.49. The number of aliphatic hydroxyl groups excluding tert-OH is 1. The molecule has 0 aromatic rings. The van der Waals surface area contributed by atoms with Gasteiger partial charge < -0.3 is 19.7 Å². The molecule has 3 rings (SSSR count). The van der Waals surface area contributed by atoms with Crippen LogP contribution in [-0.2, 0) is 14.3 Å². The molecule has 1 aliphatic heterocycles. The first-order valence-corrected chi connectivity index (χ1v) is 7.62. The summed E-state index contributed by atoms with van der Waals surface area (Å²) in [6, 6.07) is 0. The molecule has 0 amide bonds. The van der Waals surface area contributed by atoms with Gasteiger partial charge in [0.25, 0.3) is 0 Å². The Morgan fingerprint density at radius 1 is 1.43 bits per heavy atom. The van der Waals surface area contributed by atoms with Crippen LogP contribution in [0, 0.1) is 11.3 Å². The third-order valence-electron chi connectivity index (χ3n) is 6.33. The van der Waals surface area contributed by atoms with Crippen LogP contribution in [0.15, 0.2) is 11.1 Å². The first-order chi connectivity index (χ1) is 9.72. The fourth-order valence-electron chi connectivity index (χ4n) is 4.66. The Morgan fingerprint density at radius 3 is 2.71 bits per heavy atom. The number of methoxy groups -OCH3 is 1. The zero-order valence-electron chi connectivity index (χ0n) is 13.1. The van der Waals surface area contributed by atoms with Crippen molar-refractivity contribution in [3.63, 3.8) is 0 Å². The molecule has 5 unspecified atom stereocenters. The molecule has 2 fully saturated rings. The summed E-state index contributed by atoms with van der Waals surface area (Å²) >= 11 is 0. The van der Waals surface area contributed by atoms with E-state index < -0.39 is 28.9 Å². The van der Waals surface area contributed by atoms with Crippen LogP contribution in [0.4, 0.5) is 0 Å². The van der Waals surface area contributed by atoms with Gasteiger partial charge >= 0.3 is 5.97 Å². The molecule has 118 valence electrons. The molecule has 2 N–H and O–H groups in total. The van der Waals surface area contributed by atoms with E-state index in [4.69, 9.17) is 9.47 Å². The molecule has 2 saturated carbocycles. The number of ether oxygens (including phenoxy) is 2. The Labute approximate surface area is 124 Å². The van der Waals surface area contributed by atoms with E-state index in [0.29, 0.717) is 17.6 Å². The van der Waals surface area contributed by atoms with Gasteiger partial charge in [0.05, 0.1) is 11.7 Å². The lowest BCUT2D eigenvalue weighted by Gasteiger charge is -2.60. The van der Waals surface area contributed by atoms with Crippen molar-refractivity contribution in [2.24, 2.45) is 11.3 Å². The Bertz CT molecular complexity index is 527. The van der Waals surface area contributed by atoms with Crippen LogP contribution in [0.2, 0.25) is 0 Å². The van der Waals surface area contributed by atoms with E-state index in [1.807, 2.05) is 6.92 Å². The maximum atomic E-state index is 12.0.